The molecule has 1 heteroatoms. The van der Waals surface area contributed by atoms with Crippen molar-refractivity contribution in [3.05, 3.63) is 0 Å². The molecular formula is C17H30O. The molecule has 4 bridgehead atoms. The topological polar surface area (TPSA) is 20.2 Å². The van der Waals surface area contributed by atoms with E-state index in [-0.39, 0.29) is 11.5 Å². The number of aliphatic hydroxyl groups excluding tert-OH is 1. The first-order valence-corrected chi connectivity index (χ1v) is 7.92. The zero-order chi connectivity index (χ0) is 13.2. The molecule has 4 aliphatic rings. The summed E-state index contributed by atoms with van der Waals surface area (Å²) in [5.41, 5.74) is 1.34. The maximum Gasteiger partial charge on any atom is 0.0599 e. The monoisotopic (exact) mass is 250 g/mol. The molecule has 0 aliphatic heterocycles. The lowest BCUT2D eigenvalue weighted by atomic mass is 9.39. The number of rotatable bonds is 3. The molecule has 0 radical (unpaired) electrons. The van der Waals surface area contributed by atoms with Gasteiger partial charge in [0.05, 0.1) is 6.10 Å². The second kappa shape index (κ2) is 3.75. The fourth-order valence-electron chi connectivity index (χ4n) is 6.60. The first-order valence-electron chi connectivity index (χ1n) is 7.92. The van der Waals surface area contributed by atoms with Crippen molar-refractivity contribution in [3.63, 3.8) is 0 Å². The standard InChI is InChI=1S/C17H30O/c1-12(2)5-14(18)17-8-13-6-15(3,10-17)9-16(4,7-13)11-17/h12-14,18H,5-11H2,1-4H3. The largest absolute Gasteiger partial charge is 0.393 e. The normalized spacial score (nSPS) is 52.0. The van der Waals surface area contributed by atoms with E-state index in [4.69, 9.17) is 0 Å². The second-order valence-corrected chi connectivity index (χ2v) is 9.14. The van der Waals surface area contributed by atoms with E-state index in [1.165, 1.54) is 38.5 Å². The lowest BCUT2D eigenvalue weighted by Gasteiger charge is -2.66. The van der Waals surface area contributed by atoms with Gasteiger partial charge in [-0.05, 0) is 73.0 Å². The van der Waals surface area contributed by atoms with Gasteiger partial charge in [-0.3, -0.25) is 0 Å². The van der Waals surface area contributed by atoms with E-state index >= 15 is 0 Å². The molecule has 0 aromatic carbocycles. The van der Waals surface area contributed by atoms with E-state index < -0.39 is 0 Å². The van der Waals surface area contributed by atoms with Gasteiger partial charge in [-0.15, -0.1) is 0 Å². The van der Waals surface area contributed by atoms with Crippen molar-refractivity contribution in [2.24, 2.45) is 28.1 Å². The third-order valence-electron chi connectivity index (χ3n) is 6.07. The average Bonchev–Trinajstić information content (AvgIpc) is 2.09. The molecule has 1 nitrogen and oxygen atoms in total. The summed E-state index contributed by atoms with van der Waals surface area (Å²) >= 11 is 0. The average molecular weight is 250 g/mol. The zero-order valence-electron chi connectivity index (χ0n) is 12.6. The molecule has 18 heavy (non-hydrogen) atoms. The Balaban J connectivity index is 1.89. The molecule has 1 N–H and O–H groups in total. The van der Waals surface area contributed by atoms with Gasteiger partial charge in [-0.25, -0.2) is 0 Å². The Morgan fingerprint density at radius 2 is 1.56 bits per heavy atom. The molecule has 0 spiro atoms. The van der Waals surface area contributed by atoms with Crippen molar-refractivity contribution in [1.29, 1.82) is 0 Å². The van der Waals surface area contributed by atoms with Gasteiger partial charge in [0.1, 0.15) is 0 Å². The van der Waals surface area contributed by atoms with Gasteiger partial charge in [0, 0.05) is 0 Å². The van der Waals surface area contributed by atoms with Crippen molar-refractivity contribution in [3.8, 4) is 0 Å². The SMILES string of the molecule is CC(C)CC(O)C12CC3CC(C)(CC(C)(C3)C1)C2. The van der Waals surface area contributed by atoms with Crippen LogP contribution in [0.5, 0.6) is 0 Å². The summed E-state index contributed by atoms with van der Waals surface area (Å²) in [6.07, 6.45) is 9.11. The highest BCUT2D eigenvalue weighted by Gasteiger charge is 2.61. The van der Waals surface area contributed by atoms with Crippen LogP contribution in [0.4, 0.5) is 0 Å². The molecule has 0 aromatic heterocycles. The summed E-state index contributed by atoms with van der Waals surface area (Å²) in [7, 11) is 0. The predicted molar refractivity (Wildman–Crippen MR) is 75.3 cm³/mol. The summed E-state index contributed by atoms with van der Waals surface area (Å²) in [6.45, 7) is 9.47. The fraction of sp³-hybridized carbons (Fsp3) is 1.00. The van der Waals surface area contributed by atoms with E-state index in [1.807, 2.05) is 0 Å². The van der Waals surface area contributed by atoms with Crippen LogP contribution < -0.4 is 0 Å². The summed E-state index contributed by atoms with van der Waals surface area (Å²) in [6, 6.07) is 0. The Morgan fingerprint density at radius 3 is 2.00 bits per heavy atom. The third kappa shape index (κ3) is 1.94. The van der Waals surface area contributed by atoms with Crippen LogP contribution >= 0.6 is 0 Å². The molecule has 4 aliphatic carbocycles. The smallest absolute Gasteiger partial charge is 0.0599 e. The van der Waals surface area contributed by atoms with E-state index in [0.29, 0.717) is 16.7 Å². The molecule has 104 valence electrons. The zero-order valence-corrected chi connectivity index (χ0v) is 12.6. The summed E-state index contributed by atoms with van der Waals surface area (Å²) in [5.74, 6) is 1.52. The van der Waals surface area contributed by atoms with Crippen LogP contribution in [0.15, 0.2) is 0 Å². The Kier molecular flexibility index (Phi) is 2.70. The maximum absolute atomic E-state index is 10.8. The summed E-state index contributed by atoms with van der Waals surface area (Å²) in [4.78, 5) is 0. The van der Waals surface area contributed by atoms with E-state index in [0.717, 1.165) is 12.3 Å². The van der Waals surface area contributed by atoms with Crippen LogP contribution in [0, 0.1) is 28.1 Å². The van der Waals surface area contributed by atoms with Crippen LogP contribution in [0.2, 0.25) is 0 Å². The van der Waals surface area contributed by atoms with Crippen molar-refractivity contribution in [2.75, 3.05) is 0 Å². The second-order valence-electron chi connectivity index (χ2n) is 9.14. The van der Waals surface area contributed by atoms with Crippen LogP contribution in [0.3, 0.4) is 0 Å². The van der Waals surface area contributed by atoms with Crippen LogP contribution in [0.1, 0.15) is 72.6 Å². The first kappa shape index (κ1) is 13.0. The molecule has 0 heterocycles. The molecule has 0 amide bonds. The molecule has 4 saturated carbocycles. The fourth-order valence-corrected chi connectivity index (χ4v) is 6.60. The van der Waals surface area contributed by atoms with Crippen molar-refractivity contribution < 1.29 is 5.11 Å². The molecule has 0 saturated heterocycles. The van der Waals surface area contributed by atoms with Gasteiger partial charge in [-0.2, -0.15) is 0 Å². The Labute approximate surface area is 112 Å². The predicted octanol–water partition coefficient (Wildman–Crippen LogP) is 4.39. The number of hydrogen-bond acceptors (Lipinski definition) is 1. The summed E-state index contributed by atoms with van der Waals surface area (Å²) in [5, 5.41) is 10.8. The minimum atomic E-state index is -0.0560. The minimum absolute atomic E-state index is 0.0560. The van der Waals surface area contributed by atoms with Gasteiger partial charge >= 0.3 is 0 Å². The lowest BCUT2D eigenvalue weighted by molar-refractivity contribution is -0.188. The highest BCUT2D eigenvalue weighted by Crippen LogP contribution is 2.70. The van der Waals surface area contributed by atoms with Crippen LogP contribution in [0.25, 0.3) is 0 Å². The third-order valence-corrected chi connectivity index (χ3v) is 6.07. The van der Waals surface area contributed by atoms with Gasteiger partial charge in [0.25, 0.3) is 0 Å². The van der Waals surface area contributed by atoms with Gasteiger partial charge in [0.15, 0.2) is 0 Å². The van der Waals surface area contributed by atoms with Crippen molar-refractivity contribution in [2.45, 2.75) is 78.7 Å². The van der Waals surface area contributed by atoms with Gasteiger partial charge in [0.2, 0.25) is 0 Å². The van der Waals surface area contributed by atoms with Crippen molar-refractivity contribution >= 4 is 0 Å². The molecule has 3 unspecified atom stereocenters. The van der Waals surface area contributed by atoms with Crippen molar-refractivity contribution in [1.82, 2.24) is 0 Å². The maximum atomic E-state index is 10.8. The molecular weight excluding hydrogens is 220 g/mol. The van der Waals surface area contributed by atoms with E-state index in [1.54, 1.807) is 0 Å². The Hall–Kier alpha value is -0.0400. The van der Waals surface area contributed by atoms with E-state index in [2.05, 4.69) is 27.7 Å². The lowest BCUT2D eigenvalue weighted by Crippen LogP contribution is -2.58. The minimum Gasteiger partial charge on any atom is -0.393 e. The molecule has 3 atom stereocenters. The number of aliphatic hydroxyl groups is 1. The highest BCUT2D eigenvalue weighted by molar-refractivity contribution is 5.12. The Morgan fingerprint density at radius 1 is 1.00 bits per heavy atom. The summed E-state index contributed by atoms with van der Waals surface area (Å²) < 4.78 is 0. The van der Waals surface area contributed by atoms with Crippen LogP contribution in [-0.4, -0.2) is 11.2 Å². The molecule has 4 rings (SSSR count). The number of hydrogen-bond donors (Lipinski definition) is 1. The molecule has 0 aromatic rings. The van der Waals surface area contributed by atoms with Gasteiger partial charge in [-0.1, -0.05) is 27.7 Å². The Bertz CT molecular complexity index is 328. The first-order chi connectivity index (χ1) is 8.24. The quantitative estimate of drug-likeness (QED) is 0.787. The van der Waals surface area contributed by atoms with E-state index in [9.17, 15) is 5.11 Å². The van der Waals surface area contributed by atoms with Gasteiger partial charge < -0.3 is 5.11 Å². The molecule has 4 fully saturated rings. The van der Waals surface area contributed by atoms with Crippen LogP contribution in [-0.2, 0) is 0 Å². The highest BCUT2D eigenvalue weighted by atomic mass is 16.3.